The first kappa shape index (κ1) is 33.6. The van der Waals surface area contributed by atoms with Gasteiger partial charge in [0.2, 0.25) is 0 Å². The number of thiophene rings is 1. The zero-order chi connectivity index (χ0) is 38.1. The van der Waals surface area contributed by atoms with Gasteiger partial charge in [-0.05, 0) is 133 Å². The summed E-state index contributed by atoms with van der Waals surface area (Å²) in [4.78, 5) is 2.41. The molecule has 9 aromatic carbocycles. The fourth-order valence-electron chi connectivity index (χ4n) is 9.00. The highest BCUT2D eigenvalue weighted by Gasteiger charge is 2.36. The molecule has 2 heteroatoms. The Hall–Kier alpha value is -6.74. The van der Waals surface area contributed by atoms with Gasteiger partial charge in [0.05, 0.1) is 0 Å². The Balaban J connectivity index is 0.999. The Labute approximate surface area is 337 Å². The summed E-state index contributed by atoms with van der Waals surface area (Å²) in [5.74, 6) is 0. The second-order valence-electron chi connectivity index (χ2n) is 15.8. The first-order valence-corrected chi connectivity index (χ1v) is 20.6. The molecule has 0 radical (unpaired) electrons. The number of rotatable bonds is 6. The van der Waals surface area contributed by atoms with Crippen LogP contribution in [-0.4, -0.2) is 0 Å². The normalized spacial score (nSPS) is 12.9. The van der Waals surface area contributed by atoms with E-state index in [0.29, 0.717) is 0 Å². The zero-order valence-corrected chi connectivity index (χ0v) is 32.7. The lowest BCUT2D eigenvalue weighted by Gasteiger charge is -2.28. The maximum atomic E-state index is 2.43. The van der Waals surface area contributed by atoms with Crippen molar-refractivity contribution in [2.45, 2.75) is 19.3 Å². The molecule has 0 saturated heterocycles. The van der Waals surface area contributed by atoms with Gasteiger partial charge in [0.25, 0.3) is 0 Å². The van der Waals surface area contributed by atoms with Crippen LogP contribution in [0.5, 0.6) is 0 Å². The molecule has 57 heavy (non-hydrogen) atoms. The minimum Gasteiger partial charge on any atom is -0.310 e. The minimum absolute atomic E-state index is 0.161. The van der Waals surface area contributed by atoms with Gasteiger partial charge in [0, 0.05) is 42.6 Å². The molecule has 1 aliphatic rings. The second-order valence-corrected chi connectivity index (χ2v) is 16.9. The Bertz CT molecular complexity index is 3130. The van der Waals surface area contributed by atoms with Crippen LogP contribution in [0.4, 0.5) is 17.1 Å². The summed E-state index contributed by atoms with van der Waals surface area (Å²) in [6.45, 7) is 4.75. The van der Waals surface area contributed by atoms with E-state index in [2.05, 4.69) is 219 Å². The summed E-state index contributed by atoms with van der Waals surface area (Å²) in [7, 11) is 0. The van der Waals surface area contributed by atoms with E-state index in [0.717, 1.165) is 17.1 Å². The fourth-order valence-corrected chi connectivity index (χ4v) is 10.1. The fraction of sp³-hybridized carbons (Fsp3) is 0.0545. The molecule has 0 amide bonds. The van der Waals surface area contributed by atoms with E-state index in [4.69, 9.17) is 0 Å². The third-order valence-corrected chi connectivity index (χ3v) is 13.2. The molecule has 0 N–H and O–H groups in total. The van der Waals surface area contributed by atoms with Crippen LogP contribution in [0, 0.1) is 0 Å². The van der Waals surface area contributed by atoms with E-state index >= 15 is 0 Å². The summed E-state index contributed by atoms with van der Waals surface area (Å²) >= 11 is 1.86. The molecule has 0 fully saturated rings. The van der Waals surface area contributed by atoms with Gasteiger partial charge in [-0.25, -0.2) is 0 Å². The molecule has 1 nitrogen and oxygen atoms in total. The van der Waals surface area contributed by atoms with Crippen molar-refractivity contribution in [3.8, 4) is 44.5 Å². The van der Waals surface area contributed by atoms with Crippen molar-refractivity contribution in [1.82, 2.24) is 0 Å². The number of benzene rings is 9. The summed E-state index contributed by atoms with van der Waals surface area (Å²) in [6.07, 6.45) is 0. The number of nitrogens with zero attached hydrogens (tertiary/aromatic N) is 1. The highest BCUT2D eigenvalue weighted by atomic mass is 32.1. The largest absolute Gasteiger partial charge is 0.310 e. The van der Waals surface area contributed by atoms with E-state index < -0.39 is 0 Å². The average Bonchev–Trinajstić information content (AvgIpc) is 3.75. The van der Waals surface area contributed by atoms with Crippen LogP contribution >= 0.6 is 11.3 Å². The molecule has 0 aliphatic heterocycles. The first-order chi connectivity index (χ1) is 28.0. The lowest BCUT2D eigenvalue weighted by Crippen LogP contribution is -2.16. The molecular weight excluding hydrogens is 707 g/mol. The van der Waals surface area contributed by atoms with Gasteiger partial charge in [-0.3, -0.25) is 0 Å². The van der Waals surface area contributed by atoms with E-state index in [9.17, 15) is 0 Å². The molecule has 1 heterocycles. The zero-order valence-electron chi connectivity index (χ0n) is 31.9. The van der Waals surface area contributed by atoms with Crippen molar-refractivity contribution >= 4 is 59.3 Å². The quantitative estimate of drug-likeness (QED) is 0.164. The van der Waals surface area contributed by atoms with Crippen LogP contribution < -0.4 is 4.90 Å². The standard InChI is InChI=1S/C55H39NS/c1-55(2)51-34-43(36-10-4-3-5-11-36)22-29-47(51)48-30-28-46(35-52(48)55)56(44-24-18-38(19-25-44)41-17-16-37-12-6-7-13-40(37)32-41)45-26-20-39(21-27-45)42-23-31-54-50(33-42)49-14-8-9-15-53(49)57-54/h3-35H,1-2H3. The number of hydrogen-bond donors (Lipinski definition) is 0. The summed E-state index contributed by atoms with van der Waals surface area (Å²) in [5.41, 5.74) is 16.0. The van der Waals surface area contributed by atoms with Gasteiger partial charge in [0.15, 0.2) is 0 Å². The van der Waals surface area contributed by atoms with Crippen molar-refractivity contribution in [3.05, 3.63) is 211 Å². The Morgan fingerprint density at radius 2 is 0.860 bits per heavy atom. The summed E-state index contributed by atoms with van der Waals surface area (Å²) in [5, 5.41) is 5.16. The second kappa shape index (κ2) is 13.2. The molecular formula is C55H39NS. The number of fused-ring (bicyclic) bond motifs is 7. The Morgan fingerprint density at radius 1 is 0.351 bits per heavy atom. The average molecular weight is 746 g/mol. The predicted octanol–water partition coefficient (Wildman–Crippen LogP) is 16.0. The third kappa shape index (κ3) is 5.67. The van der Waals surface area contributed by atoms with E-state index in [1.54, 1.807) is 0 Å². The van der Waals surface area contributed by atoms with Crippen LogP contribution in [0.1, 0.15) is 25.0 Å². The van der Waals surface area contributed by atoms with Crippen molar-refractivity contribution < 1.29 is 0 Å². The maximum Gasteiger partial charge on any atom is 0.0465 e. The maximum absolute atomic E-state index is 2.43. The van der Waals surface area contributed by atoms with E-state index in [-0.39, 0.29) is 5.41 Å². The van der Waals surface area contributed by atoms with Crippen LogP contribution in [-0.2, 0) is 5.41 Å². The van der Waals surface area contributed by atoms with Crippen molar-refractivity contribution in [2.24, 2.45) is 0 Å². The predicted molar refractivity (Wildman–Crippen MR) is 245 cm³/mol. The minimum atomic E-state index is -0.161. The van der Waals surface area contributed by atoms with Gasteiger partial charge >= 0.3 is 0 Å². The Kier molecular flexibility index (Phi) is 7.77. The highest BCUT2D eigenvalue weighted by molar-refractivity contribution is 7.25. The molecule has 0 unspecified atom stereocenters. The van der Waals surface area contributed by atoms with Crippen LogP contribution in [0.15, 0.2) is 200 Å². The monoisotopic (exact) mass is 745 g/mol. The summed E-state index contributed by atoms with van der Waals surface area (Å²) in [6, 6.07) is 73.9. The molecule has 270 valence electrons. The van der Waals surface area contributed by atoms with E-state index in [1.165, 1.54) is 86.6 Å². The van der Waals surface area contributed by atoms with E-state index in [1.807, 2.05) is 11.3 Å². The topological polar surface area (TPSA) is 3.24 Å². The van der Waals surface area contributed by atoms with Crippen LogP contribution in [0.2, 0.25) is 0 Å². The Morgan fingerprint density at radius 3 is 1.61 bits per heavy atom. The molecule has 11 rings (SSSR count). The van der Waals surface area contributed by atoms with Gasteiger partial charge in [-0.1, -0.05) is 147 Å². The first-order valence-electron chi connectivity index (χ1n) is 19.7. The molecule has 0 bridgehead atoms. The molecule has 0 atom stereocenters. The van der Waals surface area contributed by atoms with Gasteiger partial charge in [-0.15, -0.1) is 11.3 Å². The molecule has 1 aliphatic carbocycles. The molecule has 1 aromatic heterocycles. The highest BCUT2D eigenvalue weighted by Crippen LogP contribution is 2.52. The lowest BCUT2D eigenvalue weighted by atomic mass is 9.81. The molecule has 0 saturated carbocycles. The van der Waals surface area contributed by atoms with Crippen molar-refractivity contribution in [2.75, 3.05) is 4.90 Å². The summed E-state index contributed by atoms with van der Waals surface area (Å²) < 4.78 is 2.66. The lowest BCUT2D eigenvalue weighted by molar-refractivity contribution is 0.660. The smallest absolute Gasteiger partial charge is 0.0465 e. The SMILES string of the molecule is CC1(C)c2cc(-c3ccccc3)ccc2-c2ccc(N(c3ccc(-c4ccc5ccccc5c4)cc3)c3ccc(-c4ccc5sc6ccccc6c5c4)cc3)cc21. The van der Waals surface area contributed by atoms with Crippen molar-refractivity contribution in [1.29, 1.82) is 0 Å². The number of hydrogen-bond acceptors (Lipinski definition) is 2. The molecule has 10 aromatic rings. The third-order valence-electron chi connectivity index (χ3n) is 12.1. The van der Waals surface area contributed by atoms with Gasteiger partial charge in [0.1, 0.15) is 0 Å². The van der Waals surface area contributed by atoms with Gasteiger partial charge < -0.3 is 4.90 Å². The molecule has 0 spiro atoms. The number of anilines is 3. The van der Waals surface area contributed by atoms with Crippen LogP contribution in [0.3, 0.4) is 0 Å². The van der Waals surface area contributed by atoms with Gasteiger partial charge in [-0.2, -0.15) is 0 Å². The van der Waals surface area contributed by atoms with Crippen LogP contribution in [0.25, 0.3) is 75.5 Å². The van der Waals surface area contributed by atoms with Crippen molar-refractivity contribution in [3.63, 3.8) is 0 Å².